The van der Waals surface area contributed by atoms with Crippen LogP contribution >= 0.6 is 0 Å². The van der Waals surface area contributed by atoms with Crippen LogP contribution in [0.5, 0.6) is 5.75 Å². The van der Waals surface area contributed by atoms with Crippen LogP contribution in [0.4, 0.5) is 0 Å². The predicted octanol–water partition coefficient (Wildman–Crippen LogP) is -0.332. The molecule has 1 rings (SSSR count). The third-order valence-electron chi connectivity index (χ3n) is 1.52. The normalized spacial score (nSPS) is 12.5. The van der Waals surface area contributed by atoms with Crippen molar-refractivity contribution in [3.63, 3.8) is 0 Å². The third-order valence-corrected chi connectivity index (χ3v) is 1.52. The van der Waals surface area contributed by atoms with Gasteiger partial charge in [0.2, 0.25) is 0 Å². The molecule has 0 aromatic heterocycles. The first kappa shape index (κ1) is 9.03. The van der Waals surface area contributed by atoms with Crippen molar-refractivity contribution < 1.29 is 15.6 Å². The van der Waals surface area contributed by atoms with Gasteiger partial charge in [-0.2, -0.15) is 0 Å². The van der Waals surface area contributed by atoms with Crippen LogP contribution in [-0.2, 0) is 0 Å². The van der Waals surface area contributed by atoms with Crippen LogP contribution in [-0.4, -0.2) is 24.4 Å². The second-order valence-corrected chi connectivity index (χ2v) is 2.57. The van der Waals surface area contributed by atoms with Crippen molar-refractivity contribution in [3.05, 3.63) is 30.3 Å². The van der Waals surface area contributed by atoms with Crippen molar-refractivity contribution >= 4 is 0 Å². The molecule has 12 heavy (non-hydrogen) atoms. The van der Waals surface area contributed by atoms with Gasteiger partial charge in [0.05, 0.1) is 0 Å². The summed E-state index contributed by atoms with van der Waals surface area (Å²) in [6, 6.07) is 9.42. The fourth-order valence-corrected chi connectivity index (χ4v) is 0.792. The molecular weight excluding hydrogens is 154 g/mol. The lowest BCUT2D eigenvalue weighted by atomic mass is 10.3. The topological polar surface area (TPSA) is 57.1 Å². The summed E-state index contributed by atoms with van der Waals surface area (Å²) in [5.41, 5.74) is 3.57. The summed E-state index contributed by atoms with van der Waals surface area (Å²) in [6.45, 7) is 0.792. The van der Waals surface area contributed by atoms with E-state index >= 15 is 0 Å². The van der Waals surface area contributed by atoms with Crippen molar-refractivity contribution in [2.75, 3.05) is 13.2 Å². The average Bonchev–Trinajstić information content (AvgIpc) is 2.16. The van der Waals surface area contributed by atoms with Crippen molar-refractivity contribution in [1.82, 2.24) is 0 Å². The number of rotatable bonds is 4. The van der Waals surface area contributed by atoms with E-state index in [-0.39, 0.29) is 0 Å². The van der Waals surface area contributed by atoms with Gasteiger partial charge in [-0.1, -0.05) is 18.2 Å². The van der Waals surface area contributed by atoms with E-state index in [1.807, 2.05) is 30.3 Å². The molecule has 0 heterocycles. The molecule has 0 aliphatic carbocycles. The van der Waals surface area contributed by atoms with Gasteiger partial charge in [0.25, 0.3) is 0 Å². The molecular formula is C9H14NO2+. The number of ether oxygens (including phenoxy) is 1. The molecule has 0 aliphatic rings. The van der Waals surface area contributed by atoms with Crippen LogP contribution in [0.25, 0.3) is 0 Å². The molecule has 0 spiro atoms. The third kappa shape index (κ3) is 2.90. The monoisotopic (exact) mass is 168 g/mol. The highest BCUT2D eigenvalue weighted by Gasteiger charge is 2.02. The van der Waals surface area contributed by atoms with Crippen LogP contribution < -0.4 is 10.5 Å². The lowest BCUT2D eigenvalue weighted by molar-refractivity contribution is -0.384. The van der Waals surface area contributed by atoms with E-state index < -0.39 is 6.10 Å². The van der Waals surface area contributed by atoms with Crippen LogP contribution in [0, 0.1) is 0 Å². The first-order valence-electron chi connectivity index (χ1n) is 3.98. The minimum absolute atomic E-state index is 0.313. The maximum absolute atomic E-state index is 9.13. The highest BCUT2D eigenvalue weighted by molar-refractivity contribution is 5.20. The Labute approximate surface area is 71.8 Å². The van der Waals surface area contributed by atoms with Gasteiger partial charge in [0.1, 0.15) is 25.0 Å². The molecule has 3 nitrogen and oxygen atoms in total. The molecule has 1 aromatic carbocycles. The summed E-state index contributed by atoms with van der Waals surface area (Å²) in [6.07, 6.45) is -0.467. The van der Waals surface area contributed by atoms with Gasteiger partial charge in [0.15, 0.2) is 0 Å². The predicted molar refractivity (Wildman–Crippen MR) is 45.7 cm³/mol. The van der Waals surface area contributed by atoms with Gasteiger partial charge in [0, 0.05) is 0 Å². The van der Waals surface area contributed by atoms with Gasteiger partial charge in [-0.3, -0.25) is 0 Å². The maximum Gasteiger partial charge on any atom is 0.136 e. The number of benzene rings is 1. The zero-order valence-corrected chi connectivity index (χ0v) is 6.94. The minimum Gasteiger partial charge on any atom is -0.491 e. The molecule has 0 saturated carbocycles. The molecule has 0 radical (unpaired) electrons. The molecule has 0 fully saturated rings. The van der Waals surface area contributed by atoms with Crippen LogP contribution in [0.1, 0.15) is 0 Å². The summed E-state index contributed by atoms with van der Waals surface area (Å²) in [4.78, 5) is 0. The average molecular weight is 168 g/mol. The molecule has 0 amide bonds. The van der Waals surface area contributed by atoms with Crippen LogP contribution in [0.15, 0.2) is 30.3 Å². The first-order chi connectivity index (χ1) is 5.83. The number of quaternary nitrogens is 1. The molecule has 1 aromatic rings. The van der Waals surface area contributed by atoms with E-state index in [0.717, 1.165) is 5.75 Å². The Morgan fingerprint density at radius 3 is 2.58 bits per heavy atom. The Bertz CT molecular complexity index is 213. The molecule has 4 N–H and O–H groups in total. The minimum atomic E-state index is -0.467. The SMILES string of the molecule is [NH3+]C[C@H](O)COc1ccccc1. The largest absolute Gasteiger partial charge is 0.491 e. The Balaban J connectivity index is 2.33. The molecule has 3 heteroatoms. The van der Waals surface area contributed by atoms with Gasteiger partial charge < -0.3 is 15.6 Å². The Kier molecular flexibility index (Phi) is 3.57. The summed E-state index contributed by atoms with van der Waals surface area (Å²) in [5.74, 6) is 0.782. The highest BCUT2D eigenvalue weighted by Crippen LogP contribution is 2.07. The quantitative estimate of drug-likeness (QED) is 0.646. The highest BCUT2D eigenvalue weighted by atomic mass is 16.5. The van der Waals surface area contributed by atoms with Gasteiger partial charge in [-0.05, 0) is 12.1 Å². The van der Waals surface area contributed by atoms with E-state index in [0.29, 0.717) is 13.2 Å². The lowest BCUT2D eigenvalue weighted by Gasteiger charge is -2.07. The number of hydrogen-bond donors (Lipinski definition) is 2. The molecule has 66 valence electrons. The Morgan fingerprint density at radius 1 is 1.33 bits per heavy atom. The second kappa shape index (κ2) is 4.74. The van der Waals surface area contributed by atoms with Crippen molar-refractivity contribution in [3.8, 4) is 5.75 Å². The Hall–Kier alpha value is -1.06. The molecule has 0 saturated heterocycles. The number of aliphatic hydroxyl groups is 1. The zero-order chi connectivity index (χ0) is 8.81. The molecule has 0 unspecified atom stereocenters. The number of para-hydroxylation sites is 1. The van der Waals surface area contributed by atoms with Crippen molar-refractivity contribution in [2.24, 2.45) is 0 Å². The van der Waals surface area contributed by atoms with Gasteiger partial charge >= 0.3 is 0 Å². The Morgan fingerprint density at radius 2 is 2.00 bits per heavy atom. The molecule has 1 atom stereocenters. The number of aliphatic hydroxyl groups excluding tert-OH is 1. The maximum atomic E-state index is 9.13. The first-order valence-corrected chi connectivity index (χ1v) is 3.98. The summed E-state index contributed by atoms with van der Waals surface area (Å²) in [5, 5.41) is 9.13. The fraction of sp³-hybridized carbons (Fsp3) is 0.333. The summed E-state index contributed by atoms with van der Waals surface area (Å²) >= 11 is 0. The summed E-state index contributed by atoms with van der Waals surface area (Å²) in [7, 11) is 0. The fourth-order valence-electron chi connectivity index (χ4n) is 0.792. The van der Waals surface area contributed by atoms with E-state index in [2.05, 4.69) is 5.73 Å². The van der Waals surface area contributed by atoms with Gasteiger partial charge in [-0.15, -0.1) is 0 Å². The van der Waals surface area contributed by atoms with E-state index in [1.165, 1.54) is 0 Å². The van der Waals surface area contributed by atoms with Crippen LogP contribution in [0.3, 0.4) is 0 Å². The lowest BCUT2D eigenvalue weighted by Crippen LogP contribution is -2.56. The van der Waals surface area contributed by atoms with Crippen LogP contribution in [0.2, 0.25) is 0 Å². The van der Waals surface area contributed by atoms with E-state index in [9.17, 15) is 0 Å². The van der Waals surface area contributed by atoms with E-state index in [4.69, 9.17) is 9.84 Å². The molecule has 0 aliphatic heterocycles. The smallest absolute Gasteiger partial charge is 0.136 e. The summed E-state index contributed by atoms with van der Waals surface area (Å²) < 4.78 is 5.27. The van der Waals surface area contributed by atoms with Crippen molar-refractivity contribution in [2.45, 2.75) is 6.10 Å². The molecule has 0 bridgehead atoms. The standard InChI is InChI=1S/C9H13NO2/c10-6-8(11)7-12-9-4-2-1-3-5-9/h1-5,8,11H,6-7,10H2/p+1/t8-/m0/s1. The van der Waals surface area contributed by atoms with E-state index in [1.54, 1.807) is 0 Å². The zero-order valence-electron chi connectivity index (χ0n) is 6.94. The van der Waals surface area contributed by atoms with Crippen molar-refractivity contribution in [1.29, 1.82) is 0 Å². The van der Waals surface area contributed by atoms with Gasteiger partial charge in [-0.25, -0.2) is 0 Å². The number of hydrogen-bond acceptors (Lipinski definition) is 2. The second-order valence-electron chi connectivity index (χ2n) is 2.57.